The molecule has 0 aliphatic rings. The van der Waals surface area contributed by atoms with Gasteiger partial charge in [-0.25, -0.2) is 24.0 Å². The molecule has 2 aromatic heterocycles. The second-order valence-corrected chi connectivity index (χ2v) is 6.39. The molecule has 3 rings (SSSR count). The first-order valence-corrected chi connectivity index (χ1v) is 7.95. The summed E-state index contributed by atoms with van der Waals surface area (Å²) >= 11 is 3.21. The fraction of sp³-hybridized carbons (Fsp3) is 0.250. The zero-order chi connectivity index (χ0) is 16.6. The minimum Gasteiger partial charge on any atom is -0.244 e. The van der Waals surface area contributed by atoms with Crippen molar-refractivity contribution < 1.29 is 4.39 Å². The Morgan fingerprint density at radius 3 is 2.52 bits per heavy atom. The average Bonchev–Trinajstić information content (AvgIpc) is 2.97. The fourth-order valence-electron chi connectivity index (χ4n) is 2.28. The SMILES string of the molecule is Cc1cc(Br)c(F)cc1-n1nc(-c2cncnc2)nc1C(C)C. The number of aromatic nitrogens is 5. The molecular weight excluding hydrogens is 361 g/mol. The number of rotatable bonds is 3. The highest BCUT2D eigenvalue weighted by molar-refractivity contribution is 9.10. The van der Waals surface area contributed by atoms with E-state index < -0.39 is 0 Å². The first kappa shape index (κ1) is 15.7. The van der Waals surface area contributed by atoms with Gasteiger partial charge in [0.25, 0.3) is 0 Å². The second kappa shape index (κ2) is 6.16. The van der Waals surface area contributed by atoms with Crippen LogP contribution in [0.15, 0.2) is 35.3 Å². The maximum Gasteiger partial charge on any atom is 0.184 e. The first-order valence-electron chi connectivity index (χ1n) is 7.15. The largest absolute Gasteiger partial charge is 0.244 e. The lowest BCUT2D eigenvalue weighted by Crippen LogP contribution is -2.07. The van der Waals surface area contributed by atoms with Crippen molar-refractivity contribution in [2.45, 2.75) is 26.7 Å². The van der Waals surface area contributed by atoms with E-state index in [1.807, 2.05) is 20.8 Å². The zero-order valence-corrected chi connectivity index (χ0v) is 14.5. The van der Waals surface area contributed by atoms with Crippen LogP contribution in [0.25, 0.3) is 17.1 Å². The summed E-state index contributed by atoms with van der Waals surface area (Å²) in [6.07, 6.45) is 4.77. The smallest absolute Gasteiger partial charge is 0.184 e. The van der Waals surface area contributed by atoms with E-state index in [0.29, 0.717) is 16.0 Å². The van der Waals surface area contributed by atoms with Crippen molar-refractivity contribution in [2.75, 3.05) is 0 Å². The molecule has 5 nitrogen and oxygen atoms in total. The Bertz CT molecular complexity index is 845. The van der Waals surface area contributed by atoms with Crippen LogP contribution < -0.4 is 0 Å². The van der Waals surface area contributed by atoms with Crippen LogP contribution in [-0.2, 0) is 0 Å². The first-order chi connectivity index (χ1) is 11.0. The molecule has 0 saturated heterocycles. The van der Waals surface area contributed by atoms with Crippen molar-refractivity contribution in [3.8, 4) is 17.1 Å². The van der Waals surface area contributed by atoms with Crippen LogP contribution in [0.2, 0.25) is 0 Å². The highest BCUT2D eigenvalue weighted by Crippen LogP contribution is 2.27. The van der Waals surface area contributed by atoms with Crippen molar-refractivity contribution in [1.29, 1.82) is 0 Å². The molecule has 0 amide bonds. The third-order valence-electron chi connectivity index (χ3n) is 3.43. The lowest BCUT2D eigenvalue weighted by Gasteiger charge is -2.11. The predicted molar refractivity (Wildman–Crippen MR) is 88.9 cm³/mol. The molecular formula is C16H15BrFN5. The molecule has 0 spiro atoms. The molecule has 0 aliphatic carbocycles. The molecule has 0 bridgehead atoms. The van der Waals surface area contributed by atoms with E-state index in [9.17, 15) is 4.39 Å². The normalized spacial score (nSPS) is 11.2. The number of halogens is 2. The summed E-state index contributed by atoms with van der Waals surface area (Å²) in [5, 5.41) is 4.55. The summed E-state index contributed by atoms with van der Waals surface area (Å²) in [4.78, 5) is 12.6. The van der Waals surface area contributed by atoms with Crippen LogP contribution in [0.5, 0.6) is 0 Å². The Kier molecular flexibility index (Phi) is 4.21. The number of hydrogen-bond donors (Lipinski definition) is 0. The van der Waals surface area contributed by atoms with Gasteiger partial charge >= 0.3 is 0 Å². The van der Waals surface area contributed by atoms with E-state index in [2.05, 4.69) is 36.0 Å². The fourth-order valence-corrected chi connectivity index (χ4v) is 2.73. The van der Waals surface area contributed by atoms with Gasteiger partial charge in [-0.2, -0.15) is 0 Å². The summed E-state index contributed by atoms with van der Waals surface area (Å²) < 4.78 is 16.1. The van der Waals surface area contributed by atoms with E-state index in [-0.39, 0.29) is 11.7 Å². The Labute approximate surface area is 141 Å². The van der Waals surface area contributed by atoms with Gasteiger partial charge in [0.05, 0.1) is 15.7 Å². The lowest BCUT2D eigenvalue weighted by molar-refractivity contribution is 0.615. The Morgan fingerprint density at radius 1 is 1.17 bits per heavy atom. The molecule has 0 atom stereocenters. The average molecular weight is 376 g/mol. The number of benzene rings is 1. The van der Waals surface area contributed by atoms with E-state index in [0.717, 1.165) is 17.0 Å². The maximum atomic E-state index is 14.0. The van der Waals surface area contributed by atoms with Gasteiger partial charge in [-0.05, 0) is 34.5 Å². The van der Waals surface area contributed by atoms with Gasteiger partial charge in [0, 0.05) is 24.4 Å². The van der Waals surface area contributed by atoms with Crippen LogP contribution in [-0.4, -0.2) is 24.7 Å². The molecule has 2 heterocycles. The third kappa shape index (κ3) is 3.01. The van der Waals surface area contributed by atoms with Gasteiger partial charge in [0.15, 0.2) is 5.82 Å². The van der Waals surface area contributed by atoms with Crippen molar-refractivity contribution >= 4 is 15.9 Å². The summed E-state index contributed by atoms with van der Waals surface area (Å²) in [6, 6.07) is 3.20. The Balaban J connectivity index is 2.19. The van der Waals surface area contributed by atoms with Crippen molar-refractivity contribution in [3.63, 3.8) is 0 Å². The minimum atomic E-state index is -0.333. The quantitative estimate of drug-likeness (QED) is 0.692. The van der Waals surface area contributed by atoms with Gasteiger partial charge in [0.1, 0.15) is 18.0 Å². The second-order valence-electron chi connectivity index (χ2n) is 5.54. The highest BCUT2D eigenvalue weighted by Gasteiger charge is 2.18. The topological polar surface area (TPSA) is 56.5 Å². The predicted octanol–water partition coefficient (Wildman–Crippen LogP) is 4.06. The van der Waals surface area contributed by atoms with E-state index in [4.69, 9.17) is 0 Å². The third-order valence-corrected chi connectivity index (χ3v) is 4.04. The van der Waals surface area contributed by atoms with Crippen molar-refractivity contribution in [3.05, 3.63) is 52.5 Å². The molecule has 7 heteroatoms. The molecule has 0 saturated carbocycles. The molecule has 0 radical (unpaired) electrons. The molecule has 0 N–H and O–H groups in total. The van der Waals surface area contributed by atoms with Crippen LogP contribution in [0, 0.1) is 12.7 Å². The molecule has 0 unspecified atom stereocenters. The molecule has 0 fully saturated rings. The summed E-state index contributed by atoms with van der Waals surface area (Å²) in [6.45, 7) is 5.96. The maximum absolute atomic E-state index is 14.0. The summed E-state index contributed by atoms with van der Waals surface area (Å²) in [5.74, 6) is 1.08. The van der Waals surface area contributed by atoms with Crippen LogP contribution in [0.4, 0.5) is 4.39 Å². The minimum absolute atomic E-state index is 0.131. The van der Waals surface area contributed by atoms with Gasteiger partial charge in [0.2, 0.25) is 0 Å². The number of aryl methyl sites for hydroxylation is 1. The molecule has 118 valence electrons. The van der Waals surface area contributed by atoms with E-state index >= 15 is 0 Å². The zero-order valence-electron chi connectivity index (χ0n) is 13.0. The summed E-state index contributed by atoms with van der Waals surface area (Å²) in [5.41, 5.74) is 2.30. The molecule has 3 aromatic rings. The van der Waals surface area contributed by atoms with Gasteiger partial charge < -0.3 is 0 Å². The highest BCUT2D eigenvalue weighted by atomic mass is 79.9. The number of hydrogen-bond acceptors (Lipinski definition) is 4. The van der Waals surface area contributed by atoms with Crippen LogP contribution in [0.1, 0.15) is 31.2 Å². The van der Waals surface area contributed by atoms with Gasteiger partial charge in [-0.3, -0.25) is 0 Å². The molecule has 0 aliphatic heterocycles. The number of nitrogens with zero attached hydrogens (tertiary/aromatic N) is 5. The summed E-state index contributed by atoms with van der Waals surface area (Å²) in [7, 11) is 0. The van der Waals surface area contributed by atoms with Gasteiger partial charge in [-0.1, -0.05) is 13.8 Å². The molecule has 1 aromatic carbocycles. The lowest BCUT2D eigenvalue weighted by atomic mass is 10.1. The van der Waals surface area contributed by atoms with Crippen molar-refractivity contribution in [2.24, 2.45) is 0 Å². The Hall–Kier alpha value is -2.15. The standard InChI is InChI=1S/C16H15BrFN5/c1-9(2)16-21-15(11-6-19-8-20-7-11)22-23(16)14-5-13(18)12(17)4-10(14)3/h4-9H,1-3H3. The molecule has 23 heavy (non-hydrogen) atoms. The van der Waals surface area contributed by atoms with E-state index in [1.165, 1.54) is 12.4 Å². The van der Waals surface area contributed by atoms with Crippen LogP contribution >= 0.6 is 15.9 Å². The monoisotopic (exact) mass is 375 g/mol. The van der Waals surface area contributed by atoms with Crippen LogP contribution in [0.3, 0.4) is 0 Å². The van der Waals surface area contributed by atoms with Gasteiger partial charge in [-0.15, -0.1) is 5.10 Å². The van der Waals surface area contributed by atoms with Crippen molar-refractivity contribution in [1.82, 2.24) is 24.7 Å². The van der Waals surface area contributed by atoms with E-state index in [1.54, 1.807) is 23.1 Å². The Morgan fingerprint density at radius 2 is 1.87 bits per heavy atom.